The lowest BCUT2D eigenvalue weighted by Crippen LogP contribution is -2.25. The van der Waals surface area contributed by atoms with Gasteiger partial charge in [0.05, 0.1) is 19.2 Å². The Balaban J connectivity index is 2.18. The van der Waals surface area contributed by atoms with E-state index in [-0.39, 0.29) is 17.9 Å². The van der Waals surface area contributed by atoms with E-state index in [9.17, 15) is 9.18 Å². The maximum Gasteiger partial charge on any atom is 0.185 e. The fourth-order valence-corrected chi connectivity index (χ4v) is 1.97. The smallest absolute Gasteiger partial charge is 0.185 e. The summed E-state index contributed by atoms with van der Waals surface area (Å²) in [7, 11) is 3.28. The Labute approximate surface area is 117 Å². The number of anilines is 1. The summed E-state index contributed by atoms with van der Waals surface area (Å²) in [6, 6.07) is 13.5. The highest BCUT2D eigenvalue weighted by Crippen LogP contribution is 2.21. The van der Waals surface area contributed by atoms with E-state index in [0.29, 0.717) is 5.75 Å². The number of rotatable bonds is 5. The van der Waals surface area contributed by atoms with E-state index >= 15 is 0 Å². The maximum atomic E-state index is 13.3. The van der Waals surface area contributed by atoms with E-state index in [2.05, 4.69) is 0 Å². The lowest BCUT2D eigenvalue weighted by atomic mass is 10.1. The third kappa shape index (κ3) is 3.15. The molecule has 4 heteroatoms. The number of likely N-dealkylation sites (N-methyl/N-ethyl adjacent to an activating group) is 1. The zero-order valence-electron chi connectivity index (χ0n) is 11.5. The van der Waals surface area contributed by atoms with Crippen LogP contribution in [0, 0.1) is 5.82 Å². The van der Waals surface area contributed by atoms with Gasteiger partial charge in [0.2, 0.25) is 0 Å². The molecule has 0 N–H and O–H groups in total. The fraction of sp³-hybridized carbons (Fsp3) is 0.188. The van der Waals surface area contributed by atoms with Gasteiger partial charge in [-0.3, -0.25) is 4.79 Å². The average molecular weight is 273 g/mol. The molecule has 2 rings (SSSR count). The van der Waals surface area contributed by atoms with Gasteiger partial charge in [0, 0.05) is 12.7 Å². The maximum absolute atomic E-state index is 13.3. The quantitative estimate of drug-likeness (QED) is 0.784. The number of Topliss-reactive ketones (excluding diaryl/α,β-unsaturated/α-hetero) is 1. The molecule has 0 fully saturated rings. The molecular formula is C16H16FNO2. The molecule has 0 aromatic heterocycles. The van der Waals surface area contributed by atoms with Crippen molar-refractivity contribution in [2.24, 2.45) is 0 Å². The van der Waals surface area contributed by atoms with Gasteiger partial charge in [-0.2, -0.15) is 0 Å². The Morgan fingerprint density at radius 1 is 1.20 bits per heavy atom. The second-order valence-corrected chi connectivity index (χ2v) is 4.46. The van der Waals surface area contributed by atoms with E-state index in [1.54, 1.807) is 0 Å². The number of para-hydroxylation sites is 1. The normalized spacial score (nSPS) is 10.2. The van der Waals surface area contributed by atoms with Gasteiger partial charge in [-0.25, -0.2) is 4.39 Å². The van der Waals surface area contributed by atoms with Crippen molar-refractivity contribution < 1.29 is 13.9 Å². The standard InChI is InChI=1S/C16H16FNO2/c1-18(13-6-4-3-5-7-13)11-15(19)14-10-12(17)8-9-16(14)20-2/h3-10H,11H2,1-2H3. The molecule has 0 aliphatic heterocycles. The van der Waals surface area contributed by atoms with Gasteiger partial charge in [0.15, 0.2) is 5.78 Å². The first kappa shape index (κ1) is 14.1. The van der Waals surface area contributed by atoms with Crippen molar-refractivity contribution in [3.05, 3.63) is 59.9 Å². The fourth-order valence-electron chi connectivity index (χ4n) is 1.97. The predicted molar refractivity (Wildman–Crippen MR) is 77.0 cm³/mol. The number of halogens is 1. The Bertz CT molecular complexity index is 599. The predicted octanol–water partition coefficient (Wildman–Crippen LogP) is 3.15. The molecule has 0 saturated carbocycles. The van der Waals surface area contributed by atoms with Crippen molar-refractivity contribution in [2.75, 3.05) is 25.6 Å². The van der Waals surface area contributed by atoms with E-state index in [4.69, 9.17) is 4.74 Å². The summed E-state index contributed by atoms with van der Waals surface area (Å²) in [6.07, 6.45) is 0. The van der Waals surface area contributed by atoms with Gasteiger partial charge in [-0.1, -0.05) is 18.2 Å². The monoisotopic (exact) mass is 273 g/mol. The van der Waals surface area contributed by atoms with Crippen LogP contribution in [0.15, 0.2) is 48.5 Å². The molecule has 2 aromatic carbocycles. The van der Waals surface area contributed by atoms with Crippen molar-refractivity contribution in [2.45, 2.75) is 0 Å². The molecule has 0 amide bonds. The highest BCUT2D eigenvalue weighted by Gasteiger charge is 2.15. The topological polar surface area (TPSA) is 29.5 Å². The van der Waals surface area contributed by atoms with E-state index in [0.717, 1.165) is 5.69 Å². The molecule has 0 heterocycles. The summed E-state index contributed by atoms with van der Waals surface area (Å²) in [6.45, 7) is 0.157. The molecule has 0 spiro atoms. The first-order chi connectivity index (χ1) is 9.61. The lowest BCUT2D eigenvalue weighted by Gasteiger charge is -2.19. The number of benzene rings is 2. The molecule has 3 nitrogen and oxygen atoms in total. The van der Waals surface area contributed by atoms with Crippen LogP contribution >= 0.6 is 0 Å². The SMILES string of the molecule is COc1ccc(F)cc1C(=O)CN(C)c1ccccc1. The minimum Gasteiger partial charge on any atom is -0.496 e. The molecule has 0 unspecified atom stereocenters. The van der Waals surface area contributed by atoms with E-state index in [1.807, 2.05) is 42.3 Å². The van der Waals surface area contributed by atoms with Gasteiger partial charge in [-0.15, -0.1) is 0 Å². The summed E-state index contributed by atoms with van der Waals surface area (Å²) >= 11 is 0. The van der Waals surface area contributed by atoms with Crippen LogP contribution in [0.3, 0.4) is 0 Å². The third-order valence-electron chi connectivity index (χ3n) is 3.04. The highest BCUT2D eigenvalue weighted by molar-refractivity contribution is 6.01. The first-order valence-electron chi connectivity index (χ1n) is 6.24. The van der Waals surface area contributed by atoms with Gasteiger partial charge in [0.1, 0.15) is 11.6 Å². The molecule has 0 aliphatic rings. The van der Waals surface area contributed by atoms with Crippen LogP contribution in [0.1, 0.15) is 10.4 Å². The summed E-state index contributed by atoms with van der Waals surface area (Å²) in [5.41, 5.74) is 1.19. The van der Waals surface area contributed by atoms with Crippen LogP contribution in [0.4, 0.5) is 10.1 Å². The van der Waals surface area contributed by atoms with Crippen LogP contribution in [0.2, 0.25) is 0 Å². The molecule has 0 bridgehead atoms. The number of carbonyl (C=O) groups is 1. The Kier molecular flexibility index (Phi) is 4.35. The second-order valence-electron chi connectivity index (χ2n) is 4.46. The Hall–Kier alpha value is -2.36. The molecule has 0 radical (unpaired) electrons. The first-order valence-corrected chi connectivity index (χ1v) is 6.24. The molecular weight excluding hydrogens is 257 g/mol. The second kappa shape index (κ2) is 6.19. The van der Waals surface area contributed by atoms with Crippen molar-refractivity contribution in [1.29, 1.82) is 0 Å². The van der Waals surface area contributed by atoms with E-state index < -0.39 is 5.82 Å². The number of methoxy groups -OCH3 is 1. The Morgan fingerprint density at radius 3 is 2.55 bits per heavy atom. The van der Waals surface area contributed by atoms with Crippen LogP contribution in [0.5, 0.6) is 5.75 Å². The van der Waals surface area contributed by atoms with E-state index in [1.165, 1.54) is 25.3 Å². The zero-order valence-corrected chi connectivity index (χ0v) is 11.5. The summed E-state index contributed by atoms with van der Waals surface area (Å²) in [4.78, 5) is 14.1. The van der Waals surface area contributed by atoms with Gasteiger partial charge in [-0.05, 0) is 30.3 Å². The van der Waals surface area contributed by atoms with Crippen molar-refractivity contribution in [3.8, 4) is 5.75 Å². The minimum absolute atomic E-state index is 0.157. The van der Waals surface area contributed by atoms with Crippen LogP contribution in [-0.2, 0) is 0 Å². The average Bonchev–Trinajstić information content (AvgIpc) is 2.48. The van der Waals surface area contributed by atoms with Crippen molar-refractivity contribution in [1.82, 2.24) is 0 Å². The van der Waals surface area contributed by atoms with Crippen molar-refractivity contribution in [3.63, 3.8) is 0 Å². The molecule has 20 heavy (non-hydrogen) atoms. The highest BCUT2D eigenvalue weighted by atomic mass is 19.1. The van der Waals surface area contributed by atoms with Crippen LogP contribution < -0.4 is 9.64 Å². The molecule has 2 aromatic rings. The number of ether oxygens (including phenoxy) is 1. The number of hydrogen-bond acceptors (Lipinski definition) is 3. The number of carbonyl (C=O) groups excluding carboxylic acids is 1. The largest absolute Gasteiger partial charge is 0.496 e. The van der Waals surface area contributed by atoms with Crippen LogP contribution in [0.25, 0.3) is 0 Å². The molecule has 0 aliphatic carbocycles. The van der Waals surface area contributed by atoms with Crippen LogP contribution in [-0.4, -0.2) is 26.5 Å². The lowest BCUT2D eigenvalue weighted by molar-refractivity contribution is 0.0997. The molecule has 0 atom stereocenters. The van der Waals surface area contributed by atoms with Gasteiger partial charge < -0.3 is 9.64 Å². The van der Waals surface area contributed by atoms with Gasteiger partial charge >= 0.3 is 0 Å². The van der Waals surface area contributed by atoms with Crippen molar-refractivity contribution >= 4 is 11.5 Å². The summed E-state index contributed by atoms with van der Waals surface area (Å²) in [5.74, 6) is -0.248. The molecule has 104 valence electrons. The Morgan fingerprint density at radius 2 is 1.90 bits per heavy atom. The zero-order chi connectivity index (χ0) is 14.5. The minimum atomic E-state index is -0.448. The number of ketones is 1. The third-order valence-corrected chi connectivity index (χ3v) is 3.04. The number of hydrogen-bond donors (Lipinski definition) is 0. The summed E-state index contributed by atoms with van der Waals surface area (Å²) in [5, 5.41) is 0. The van der Waals surface area contributed by atoms with Gasteiger partial charge in [0.25, 0.3) is 0 Å². The number of nitrogens with zero attached hydrogens (tertiary/aromatic N) is 1. The summed E-state index contributed by atoms with van der Waals surface area (Å²) < 4.78 is 18.4. The molecule has 0 saturated heterocycles.